The van der Waals surface area contributed by atoms with Gasteiger partial charge in [-0.2, -0.15) is 0 Å². The van der Waals surface area contributed by atoms with Gasteiger partial charge in [0.25, 0.3) is 17.0 Å². The minimum atomic E-state index is -1.33. The Kier molecular flexibility index (Phi) is 10.0. The Bertz CT molecular complexity index is 1960. The van der Waals surface area contributed by atoms with Gasteiger partial charge in [-0.15, -0.1) is 0 Å². The van der Waals surface area contributed by atoms with Gasteiger partial charge in [0.05, 0.1) is 28.1 Å². The molecular weight excluding hydrogens is 686 g/mol. The average Bonchev–Trinajstić information content (AvgIpc) is 3.01. The van der Waals surface area contributed by atoms with Crippen molar-refractivity contribution in [2.75, 3.05) is 18.5 Å². The van der Waals surface area contributed by atoms with E-state index in [1.54, 1.807) is 25.1 Å². The van der Waals surface area contributed by atoms with Gasteiger partial charge in [-0.05, 0) is 84.0 Å². The summed E-state index contributed by atoms with van der Waals surface area (Å²) in [5.74, 6) is -2.38. The third-order valence-corrected chi connectivity index (χ3v) is 8.94. The zero-order valence-corrected chi connectivity index (χ0v) is 28.6. The van der Waals surface area contributed by atoms with Crippen LogP contribution in [0.4, 0.5) is 5.69 Å². The van der Waals surface area contributed by atoms with Crippen molar-refractivity contribution < 1.29 is 24.5 Å². The lowest BCUT2D eigenvalue weighted by atomic mass is 9.86. The summed E-state index contributed by atoms with van der Waals surface area (Å²) < 4.78 is 16.9. The van der Waals surface area contributed by atoms with Gasteiger partial charge >= 0.3 is 0 Å². The number of anilines is 1. The molecule has 12 nitrogen and oxygen atoms in total. The van der Waals surface area contributed by atoms with Crippen molar-refractivity contribution in [3.8, 4) is 23.3 Å². The molecule has 2 aromatic heterocycles. The molecule has 0 saturated heterocycles. The number of hydrogen-bond acceptors (Lipinski definition) is 9. The number of ether oxygens (including phenoxy) is 2. The van der Waals surface area contributed by atoms with Crippen LogP contribution in [0.25, 0.3) is 0 Å². The molecule has 0 fully saturated rings. The number of hydrogen-bond donors (Lipinski definition) is 3. The normalized spacial score (nSPS) is 11.1. The van der Waals surface area contributed by atoms with E-state index in [-0.39, 0.29) is 50.9 Å². The molecule has 0 unspecified atom stereocenters. The van der Waals surface area contributed by atoms with E-state index in [9.17, 15) is 24.6 Å². The van der Waals surface area contributed by atoms with Crippen LogP contribution in [0.3, 0.4) is 0 Å². The molecule has 0 radical (unpaired) electrons. The Morgan fingerprint density at radius 3 is 1.89 bits per heavy atom. The van der Waals surface area contributed by atoms with E-state index in [0.29, 0.717) is 10.2 Å². The number of halogens is 1. The molecule has 0 atom stereocenters. The lowest BCUT2D eigenvalue weighted by Crippen LogP contribution is -2.33. The first-order chi connectivity index (χ1) is 21.2. The summed E-state index contributed by atoms with van der Waals surface area (Å²) >= 11 is 14.1. The highest BCUT2D eigenvalue weighted by Gasteiger charge is 2.34. The van der Waals surface area contributed by atoms with Crippen LogP contribution in [0.1, 0.15) is 35.1 Å². The smallest absolute Gasteiger partial charge is 0.262 e. The molecule has 0 aliphatic rings. The predicted molar refractivity (Wildman–Crippen MR) is 178 cm³/mol. The van der Waals surface area contributed by atoms with Crippen molar-refractivity contribution in [3.05, 3.63) is 93.4 Å². The van der Waals surface area contributed by atoms with Crippen molar-refractivity contribution in [1.29, 1.82) is 0 Å². The molecule has 0 aliphatic carbocycles. The fourth-order valence-electron chi connectivity index (χ4n) is 4.83. The van der Waals surface area contributed by atoms with Crippen molar-refractivity contribution in [3.63, 3.8) is 0 Å². The predicted octanol–water partition coefficient (Wildman–Crippen LogP) is 4.30. The first-order valence-electron chi connectivity index (χ1n) is 13.6. The van der Waals surface area contributed by atoms with E-state index in [0.717, 1.165) is 14.7 Å². The molecule has 45 heavy (non-hydrogen) atoms. The van der Waals surface area contributed by atoms with E-state index < -0.39 is 34.7 Å². The highest BCUT2D eigenvalue weighted by molar-refractivity contribution is 9.10. The summed E-state index contributed by atoms with van der Waals surface area (Å²) in [4.78, 5) is 40.1. The molecule has 0 saturated carbocycles. The molecule has 15 heteroatoms. The lowest BCUT2D eigenvalue weighted by molar-refractivity contribution is -0.118. The monoisotopic (exact) mass is 717 g/mol. The van der Waals surface area contributed by atoms with E-state index in [2.05, 4.69) is 21.2 Å². The zero-order valence-electron chi connectivity index (χ0n) is 25.4. The molecular formula is C30H32BrN5O7S2. The Morgan fingerprint density at radius 2 is 1.40 bits per heavy atom. The molecule has 2 aromatic carbocycles. The molecule has 1 amide bonds. The van der Waals surface area contributed by atoms with Crippen LogP contribution in [-0.2, 0) is 33.0 Å². The van der Waals surface area contributed by atoms with Crippen LogP contribution >= 0.6 is 40.4 Å². The van der Waals surface area contributed by atoms with Gasteiger partial charge < -0.3 is 25.0 Å². The molecule has 4 rings (SSSR count). The van der Waals surface area contributed by atoms with E-state index in [4.69, 9.17) is 33.9 Å². The second-order valence-corrected chi connectivity index (χ2v) is 11.9. The number of aromatic nitrogens is 4. The second-order valence-electron chi connectivity index (χ2n) is 10.3. The first kappa shape index (κ1) is 33.7. The van der Waals surface area contributed by atoms with Crippen molar-refractivity contribution in [2.24, 2.45) is 28.2 Å². The summed E-state index contributed by atoms with van der Waals surface area (Å²) in [6, 6.07) is 10.4. The SMILES string of the molecule is CCOc1cc(C(c2c(O)n(C)c(=S)n(C)c2=O)c2c(O)n(C)c(=S)n(C)c2=O)cc(Br)c1OCC(=O)Nc1ccc(C)cc1. The summed E-state index contributed by atoms with van der Waals surface area (Å²) in [6.07, 6.45) is 0. The van der Waals surface area contributed by atoms with Crippen LogP contribution in [0.2, 0.25) is 0 Å². The van der Waals surface area contributed by atoms with E-state index in [1.807, 2.05) is 19.1 Å². The van der Waals surface area contributed by atoms with Crippen molar-refractivity contribution in [1.82, 2.24) is 18.3 Å². The number of amides is 1. The molecule has 238 valence electrons. The minimum Gasteiger partial charge on any atom is -0.494 e. The van der Waals surface area contributed by atoms with Gasteiger partial charge in [-0.25, -0.2) is 0 Å². The maximum Gasteiger partial charge on any atom is 0.262 e. The van der Waals surface area contributed by atoms with Crippen LogP contribution in [-0.4, -0.2) is 47.6 Å². The molecule has 0 aliphatic heterocycles. The van der Waals surface area contributed by atoms with Crippen molar-refractivity contribution >= 4 is 52.0 Å². The maximum absolute atomic E-state index is 13.7. The summed E-state index contributed by atoms with van der Waals surface area (Å²) in [5.41, 5.74) is 0.112. The van der Waals surface area contributed by atoms with Gasteiger partial charge in [0.15, 0.2) is 27.6 Å². The van der Waals surface area contributed by atoms with Crippen molar-refractivity contribution in [2.45, 2.75) is 19.8 Å². The molecule has 0 spiro atoms. The maximum atomic E-state index is 13.7. The first-order valence-corrected chi connectivity index (χ1v) is 15.2. The van der Waals surface area contributed by atoms with Gasteiger partial charge in [-0.1, -0.05) is 17.7 Å². The largest absolute Gasteiger partial charge is 0.494 e. The van der Waals surface area contributed by atoms with Crippen LogP contribution in [0.5, 0.6) is 23.3 Å². The summed E-state index contributed by atoms with van der Waals surface area (Å²) in [7, 11) is 5.83. The molecule has 3 N–H and O–H groups in total. The summed E-state index contributed by atoms with van der Waals surface area (Å²) in [5, 5.41) is 25.3. The highest BCUT2D eigenvalue weighted by Crippen LogP contribution is 2.43. The third kappa shape index (κ3) is 6.46. The second kappa shape index (κ2) is 13.4. The summed E-state index contributed by atoms with van der Waals surface area (Å²) in [6.45, 7) is 3.53. The fourth-order valence-corrected chi connectivity index (χ4v) is 5.74. The van der Waals surface area contributed by atoms with E-state index in [1.165, 1.54) is 43.4 Å². The lowest BCUT2D eigenvalue weighted by Gasteiger charge is -2.24. The number of carbonyl (C=O) groups is 1. The molecule has 0 bridgehead atoms. The topological polar surface area (TPSA) is 142 Å². The van der Waals surface area contributed by atoms with Crippen LogP contribution < -0.4 is 25.9 Å². The molecule has 4 aromatic rings. The Hall–Kier alpha value is -4.21. The average molecular weight is 719 g/mol. The number of aromatic hydroxyl groups is 2. The number of nitrogens with one attached hydrogen (secondary N) is 1. The zero-order chi connectivity index (χ0) is 33.3. The van der Waals surface area contributed by atoms with E-state index >= 15 is 0 Å². The number of nitrogens with zero attached hydrogens (tertiary/aromatic N) is 4. The number of rotatable bonds is 9. The highest BCUT2D eigenvalue weighted by atomic mass is 79.9. The van der Waals surface area contributed by atoms with Gasteiger partial charge in [0, 0.05) is 33.9 Å². The van der Waals surface area contributed by atoms with Gasteiger partial charge in [0.1, 0.15) is 0 Å². The number of benzene rings is 2. The number of carbonyl (C=O) groups excluding carboxylic acids is 1. The minimum absolute atomic E-state index is 0.0347. The number of aryl methyl sites for hydroxylation is 1. The van der Waals surface area contributed by atoms with Gasteiger partial charge in [-0.3, -0.25) is 32.7 Å². The standard InChI is InChI=1S/C30H32BrN5O7S2/c1-7-42-19-13-16(12-18(31)24(19)43-14-20(37)32-17-10-8-15(2)9-11-17)21(22-25(38)33(3)29(44)34(4)26(22)39)23-27(40)35(5)30(45)36(6)28(23)41/h8-13,21,38,40H,7,14H2,1-6H3,(H,32,37). The Morgan fingerprint density at radius 1 is 0.889 bits per heavy atom. The third-order valence-electron chi connectivity index (χ3n) is 7.26. The molecule has 2 heterocycles. The van der Waals surface area contributed by atoms with Gasteiger partial charge in [0.2, 0.25) is 11.8 Å². The Balaban J connectivity index is 1.92. The van der Waals surface area contributed by atoms with Crippen LogP contribution in [0.15, 0.2) is 50.5 Å². The Labute approximate surface area is 276 Å². The quantitative estimate of drug-likeness (QED) is 0.216. The fraction of sp³-hybridized carbons (Fsp3) is 0.300. The van der Waals surface area contributed by atoms with Crippen LogP contribution in [0, 0.1) is 16.5 Å².